The van der Waals surface area contributed by atoms with Crippen LogP contribution in [0.3, 0.4) is 0 Å². The highest BCUT2D eigenvalue weighted by Gasteiger charge is 2.27. The summed E-state index contributed by atoms with van der Waals surface area (Å²) < 4.78 is 9.83. The lowest BCUT2D eigenvalue weighted by Crippen LogP contribution is -2.47. The van der Waals surface area contributed by atoms with E-state index >= 15 is 0 Å². The van der Waals surface area contributed by atoms with Crippen molar-refractivity contribution < 1.29 is 28.3 Å². The molecule has 0 unspecified atom stereocenters. The Morgan fingerprint density at radius 3 is 2.32 bits per heavy atom. The van der Waals surface area contributed by atoms with Crippen LogP contribution in [-0.4, -0.2) is 42.5 Å². The standard InChI is InChI=1S/C16H23N3O6/c1-9(2)13(19-14(21)11-6-5-7-24-11)15(22)25-8-12(20)18-16(23)17-10(3)4/h5-7,9-10,13H,8H2,1-4H3,(H,19,21)(H2,17,18,20,23)/t13-/m0/s1. The molecule has 0 aromatic carbocycles. The maximum absolute atomic E-state index is 12.1. The van der Waals surface area contributed by atoms with Crippen molar-refractivity contribution in [2.45, 2.75) is 39.8 Å². The van der Waals surface area contributed by atoms with Crippen LogP contribution in [0, 0.1) is 5.92 Å². The molecule has 1 aromatic heterocycles. The number of hydrogen-bond acceptors (Lipinski definition) is 6. The van der Waals surface area contributed by atoms with Gasteiger partial charge in [0.05, 0.1) is 6.26 Å². The lowest BCUT2D eigenvalue weighted by molar-refractivity contribution is -0.151. The van der Waals surface area contributed by atoms with Crippen LogP contribution in [0.5, 0.6) is 0 Å². The topological polar surface area (TPSA) is 127 Å². The van der Waals surface area contributed by atoms with Crippen LogP contribution >= 0.6 is 0 Å². The number of rotatable bonds is 7. The molecule has 25 heavy (non-hydrogen) atoms. The third kappa shape index (κ3) is 7.06. The minimum atomic E-state index is -0.963. The fraction of sp³-hybridized carbons (Fsp3) is 0.500. The summed E-state index contributed by atoms with van der Waals surface area (Å²) in [6.45, 7) is 6.26. The number of urea groups is 1. The van der Waals surface area contributed by atoms with E-state index in [1.807, 2.05) is 5.32 Å². The molecule has 1 aromatic rings. The molecule has 0 saturated carbocycles. The minimum Gasteiger partial charge on any atom is -0.459 e. The number of esters is 1. The van der Waals surface area contributed by atoms with Crippen LogP contribution in [0.25, 0.3) is 0 Å². The zero-order valence-corrected chi connectivity index (χ0v) is 14.6. The molecule has 138 valence electrons. The van der Waals surface area contributed by atoms with Crippen molar-refractivity contribution in [2.75, 3.05) is 6.61 Å². The van der Waals surface area contributed by atoms with Gasteiger partial charge < -0.3 is 19.8 Å². The van der Waals surface area contributed by atoms with Gasteiger partial charge in [-0.2, -0.15) is 0 Å². The van der Waals surface area contributed by atoms with E-state index in [-0.39, 0.29) is 17.7 Å². The van der Waals surface area contributed by atoms with E-state index in [1.165, 1.54) is 12.3 Å². The van der Waals surface area contributed by atoms with Crippen LogP contribution in [0.1, 0.15) is 38.2 Å². The fourth-order valence-corrected chi connectivity index (χ4v) is 1.81. The molecule has 0 aliphatic carbocycles. The normalized spacial score (nSPS) is 11.8. The highest BCUT2D eigenvalue weighted by molar-refractivity contribution is 5.97. The lowest BCUT2D eigenvalue weighted by Gasteiger charge is -2.20. The van der Waals surface area contributed by atoms with Crippen LogP contribution in [0.2, 0.25) is 0 Å². The first-order valence-electron chi connectivity index (χ1n) is 7.82. The Morgan fingerprint density at radius 2 is 1.80 bits per heavy atom. The molecule has 1 atom stereocenters. The molecule has 1 heterocycles. The molecule has 4 amide bonds. The largest absolute Gasteiger partial charge is 0.459 e. The summed E-state index contributed by atoms with van der Waals surface area (Å²) in [5.41, 5.74) is 0. The Balaban J connectivity index is 2.52. The van der Waals surface area contributed by atoms with Crippen molar-refractivity contribution in [3.63, 3.8) is 0 Å². The molecule has 0 spiro atoms. The molecule has 0 radical (unpaired) electrons. The summed E-state index contributed by atoms with van der Waals surface area (Å²) in [6.07, 6.45) is 1.34. The molecule has 1 rings (SSSR count). The maximum Gasteiger partial charge on any atom is 0.329 e. The number of nitrogens with one attached hydrogen (secondary N) is 3. The van der Waals surface area contributed by atoms with E-state index in [4.69, 9.17) is 9.15 Å². The summed E-state index contributed by atoms with van der Waals surface area (Å²) in [5.74, 6) is -2.35. The zero-order valence-electron chi connectivity index (χ0n) is 14.6. The molecular weight excluding hydrogens is 330 g/mol. The summed E-state index contributed by atoms with van der Waals surface area (Å²) in [5, 5.41) is 6.99. The average molecular weight is 353 g/mol. The summed E-state index contributed by atoms with van der Waals surface area (Å²) >= 11 is 0. The average Bonchev–Trinajstić information content (AvgIpc) is 3.03. The van der Waals surface area contributed by atoms with Crippen LogP contribution in [-0.2, 0) is 14.3 Å². The molecule has 9 nitrogen and oxygen atoms in total. The van der Waals surface area contributed by atoms with E-state index in [0.29, 0.717) is 0 Å². The number of amides is 4. The predicted octanol–water partition coefficient (Wildman–Crippen LogP) is 0.811. The van der Waals surface area contributed by atoms with Crippen molar-refractivity contribution >= 4 is 23.8 Å². The summed E-state index contributed by atoms with van der Waals surface area (Å²) in [6, 6.07) is 1.22. The van der Waals surface area contributed by atoms with Gasteiger partial charge in [0.1, 0.15) is 6.04 Å². The Labute approximate surface area is 145 Å². The molecule has 9 heteroatoms. The highest BCUT2D eigenvalue weighted by Crippen LogP contribution is 2.07. The van der Waals surface area contributed by atoms with Gasteiger partial charge >= 0.3 is 12.0 Å². The van der Waals surface area contributed by atoms with Gasteiger partial charge in [-0.3, -0.25) is 14.9 Å². The van der Waals surface area contributed by atoms with Gasteiger partial charge in [-0.05, 0) is 31.9 Å². The fourth-order valence-electron chi connectivity index (χ4n) is 1.81. The van der Waals surface area contributed by atoms with Crippen molar-refractivity contribution in [1.29, 1.82) is 0 Å². The third-order valence-corrected chi connectivity index (χ3v) is 2.97. The van der Waals surface area contributed by atoms with Crippen molar-refractivity contribution in [3.8, 4) is 0 Å². The number of furan rings is 1. The molecular formula is C16H23N3O6. The van der Waals surface area contributed by atoms with Crippen LogP contribution < -0.4 is 16.0 Å². The lowest BCUT2D eigenvalue weighted by atomic mass is 10.0. The van der Waals surface area contributed by atoms with E-state index in [0.717, 1.165) is 0 Å². The molecule has 0 aliphatic heterocycles. The van der Waals surface area contributed by atoms with Crippen molar-refractivity contribution in [3.05, 3.63) is 24.2 Å². The van der Waals surface area contributed by atoms with Gasteiger partial charge in [0.2, 0.25) is 0 Å². The van der Waals surface area contributed by atoms with E-state index < -0.39 is 36.5 Å². The first-order valence-corrected chi connectivity index (χ1v) is 7.82. The molecule has 0 aliphatic rings. The van der Waals surface area contributed by atoms with E-state index in [1.54, 1.807) is 33.8 Å². The molecule has 0 fully saturated rings. The molecule has 0 saturated heterocycles. The van der Waals surface area contributed by atoms with Crippen LogP contribution in [0.4, 0.5) is 4.79 Å². The second kappa shape index (κ2) is 9.45. The number of carbonyl (C=O) groups excluding carboxylic acids is 4. The van der Waals surface area contributed by atoms with E-state index in [9.17, 15) is 19.2 Å². The highest BCUT2D eigenvalue weighted by atomic mass is 16.5. The summed E-state index contributed by atoms with van der Waals surface area (Å²) in [4.78, 5) is 47.0. The van der Waals surface area contributed by atoms with E-state index in [2.05, 4.69) is 10.6 Å². The van der Waals surface area contributed by atoms with Gasteiger partial charge in [-0.25, -0.2) is 9.59 Å². The predicted molar refractivity (Wildman–Crippen MR) is 87.6 cm³/mol. The monoisotopic (exact) mass is 353 g/mol. The van der Waals surface area contributed by atoms with Crippen molar-refractivity contribution in [1.82, 2.24) is 16.0 Å². The molecule has 3 N–H and O–H groups in total. The Kier molecular flexibility index (Phi) is 7.64. The van der Waals surface area contributed by atoms with Gasteiger partial charge in [0.15, 0.2) is 12.4 Å². The Hall–Kier alpha value is -2.84. The van der Waals surface area contributed by atoms with Gasteiger partial charge in [0.25, 0.3) is 11.8 Å². The smallest absolute Gasteiger partial charge is 0.329 e. The van der Waals surface area contributed by atoms with Gasteiger partial charge in [-0.1, -0.05) is 13.8 Å². The number of carbonyl (C=O) groups is 4. The number of hydrogen-bond donors (Lipinski definition) is 3. The SMILES string of the molecule is CC(C)NC(=O)NC(=O)COC(=O)[C@@H](NC(=O)c1ccco1)C(C)C. The minimum absolute atomic E-state index is 0.0570. The quantitative estimate of drug-likeness (QED) is 0.623. The zero-order chi connectivity index (χ0) is 19.0. The summed E-state index contributed by atoms with van der Waals surface area (Å²) in [7, 11) is 0. The molecule has 0 bridgehead atoms. The maximum atomic E-state index is 12.1. The number of ether oxygens (including phenoxy) is 1. The first kappa shape index (κ1) is 20.2. The van der Waals surface area contributed by atoms with Gasteiger partial charge in [0, 0.05) is 6.04 Å². The van der Waals surface area contributed by atoms with Crippen molar-refractivity contribution in [2.24, 2.45) is 5.92 Å². The second-order valence-electron chi connectivity index (χ2n) is 5.96. The van der Waals surface area contributed by atoms with Gasteiger partial charge in [-0.15, -0.1) is 0 Å². The Morgan fingerprint density at radius 1 is 1.12 bits per heavy atom. The number of imide groups is 1. The Bertz CT molecular complexity index is 609. The van der Waals surface area contributed by atoms with Crippen LogP contribution in [0.15, 0.2) is 22.8 Å². The first-order chi connectivity index (χ1) is 11.7. The second-order valence-corrected chi connectivity index (χ2v) is 5.96. The third-order valence-electron chi connectivity index (χ3n) is 2.97.